The number of thiophene rings is 1. The molecular formula is C19H20N2O3S. The van der Waals surface area contributed by atoms with Crippen molar-refractivity contribution in [3.63, 3.8) is 0 Å². The van der Waals surface area contributed by atoms with Crippen molar-refractivity contribution in [3.8, 4) is 10.8 Å². The summed E-state index contributed by atoms with van der Waals surface area (Å²) >= 11 is 1.38. The summed E-state index contributed by atoms with van der Waals surface area (Å²) < 4.78 is 5.74. The molecular weight excluding hydrogens is 336 g/mol. The smallest absolute Gasteiger partial charge is 0.251 e. The van der Waals surface area contributed by atoms with Gasteiger partial charge in [-0.05, 0) is 50.5 Å². The zero-order valence-electron chi connectivity index (χ0n) is 14.0. The summed E-state index contributed by atoms with van der Waals surface area (Å²) in [5.41, 5.74) is 1.28. The molecule has 2 saturated heterocycles. The molecule has 2 bridgehead atoms. The molecule has 4 rings (SSSR count). The predicted octanol–water partition coefficient (Wildman–Crippen LogP) is 3.37. The van der Waals surface area contributed by atoms with Gasteiger partial charge in [-0.15, -0.1) is 11.3 Å². The molecule has 2 fully saturated rings. The molecule has 1 aromatic heterocycles. The van der Waals surface area contributed by atoms with Crippen LogP contribution in [-0.4, -0.2) is 29.8 Å². The average molecular weight is 356 g/mol. The number of fused-ring (bicyclic) bond motifs is 2. The molecule has 1 amide bonds. The first-order chi connectivity index (χ1) is 12.1. The van der Waals surface area contributed by atoms with Gasteiger partial charge < -0.3 is 15.4 Å². The molecule has 25 heavy (non-hydrogen) atoms. The molecule has 2 N–H and O–H groups in total. The van der Waals surface area contributed by atoms with Crippen LogP contribution in [0.3, 0.4) is 0 Å². The van der Waals surface area contributed by atoms with Crippen molar-refractivity contribution in [2.75, 3.05) is 0 Å². The normalized spacial score (nSPS) is 24.3. The summed E-state index contributed by atoms with van der Waals surface area (Å²) in [4.78, 5) is 23.7. The van der Waals surface area contributed by atoms with Crippen LogP contribution in [0.25, 0.3) is 0 Å². The minimum Gasteiger partial charge on any atom is -0.447 e. The third kappa shape index (κ3) is 3.45. The fourth-order valence-corrected chi connectivity index (χ4v) is 4.40. The first-order valence-corrected chi connectivity index (χ1v) is 9.41. The molecule has 3 atom stereocenters. The maximum atomic E-state index is 12.4. The molecule has 0 unspecified atom stereocenters. The van der Waals surface area contributed by atoms with Crippen molar-refractivity contribution in [1.82, 2.24) is 10.6 Å². The van der Waals surface area contributed by atoms with Gasteiger partial charge in [0, 0.05) is 40.7 Å². The number of carbonyl (C=O) groups is 2. The fraction of sp³-hybridized carbons (Fsp3) is 0.368. The van der Waals surface area contributed by atoms with Crippen LogP contribution < -0.4 is 15.4 Å². The van der Waals surface area contributed by atoms with Crippen molar-refractivity contribution < 1.29 is 14.3 Å². The zero-order valence-corrected chi connectivity index (χ0v) is 14.8. The van der Waals surface area contributed by atoms with Gasteiger partial charge >= 0.3 is 0 Å². The van der Waals surface area contributed by atoms with Gasteiger partial charge in [-0.3, -0.25) is 9.59 Å². The quantitative estimate of drug-likeness (QED) is 0.806. The van der Waals surface area contributed by atoms with E-state index in [4.69, 9.17) is 4.74 Å². The van der Waals surface area contributed by atoms with Gasteiger partial charge in [-0.2, -0.15) is 0 Å². The van der Waals surface area contributed by atoms with Crippen molar-refractivity contribution in [3.05, 3.63) is 46.8 Å². The van der Waals surface area contributed by atoms with E-state index in [1.807, 2.05) is 0 Å². The van der Waals surface area contributed by atoms with Crippen molar-refractivity contribution in [2.24, 2.45) is 0 Å². The summed E-state index contributed by atoms with van der Waals surface area (Å²) in [5.74, 6) is 0.629. The third-order valence-electron chi connectivity index (χ3n) is 4.93. The van der Waals surface area contributed by atoms with Crippen LogP contribution in [0.4, 0.5) is 0 Å². The van der Waals surface area contributed by atoms with Crippen LogP contribution in [0.5, 0.6) is 10.8 Å². The summed E-state index contributed by atoms with van der Waals surface area (Å²) in [6.07, 6.45) is 3.39. The third-order valence-corrected chi connectivity index (χ3v) is 5.74. The second kappa shape index (κ2) is 6.61. The number of hydrogen-bond acceptors (Lipinski definition) is 5. The van der Waals surface area contributed by atoms with E-state index in [0.29, 0.717) is 34.0 Å². The predicted molar refractivity (Wildman–Crippen MR) is 96.7 cm³/mol. The molecule has 0 spiro atoms. The Morgan fingerprint density at radius 1 is 1.20 bits per heavy atom. The number of carbonyl (C=O) groups excluding carboxylic acids is 2. The Bertz CT molecular complexity index is 799. The van der Waals surface area contributed by atoms with Crippen LogP contribution in [0.1, 0.15) is 46.9 Å². The van der Waals surface area contributed by atoms with E-state index in [-0.39, 0.29) is 17.7 Å². The van der Waals surface area contributed by atoms with E-state index >= 15 is 0 Å². The molecule has 6 heteroatoms. The highest BCUT2D eigenvalue weighted by Crippen LogP contribution is 2.30. The Hall–Kier alpha value is -2.18. The topological polar surface area (TPSA) is 67.4 Å². The number of ether oxygens (including phenoxy) is 1. The first-order valence-electron chi connectivity index (χ1n) is 8.53. The van der Waals surface area contributed by atoms with Crippen LogP contribution in [0.15, 0.2) is 35.7 Å². The van der Waals surface area contributed by atoms with Crippen molar-refractivity contribution in [2.45, 2.75) is 44.3 Å². The number of amides is 1. The second-order valence-corrected chi connectivity index (χ2v) is 7.57. The monoisotopic (exact) mass is 356 g/mol. The van der Waals surface area contributed by atoms with E-state index in [1.165, 1.54) is 24.7 Å². The molecule has 0 radical (unpaired) electrons. The molecule has 2 aliphatic rings. The highest BCUT2D eigenvalue weighted by molar-refractivity contribution is 7.12. The summed E-state index contributed by atoms with van der Waals surface area (Å²) in [7, 11) is 0. The van der Waals surface area contributed by atoms with E-state index in [9.17, 15) is 9.59 Å². The lowest BCUT2D eigenvalue weighted by atomic mass is 9.95. The van der Waals surface area contributed by atoms with Gasteiger partial charge in [0.25, 0.3) is 5.91 Å². The highest BCUT2D eigenvalue weighted by Gasteiger charge is 2.39. The van der Waals surface area contributed by atoms with Crippen molar-refractivity contribution in [1.29, 1.82) is 0 Å². The minimum absolute atomic E-state index is 0.0215. The Morgan fingerprint density at radius 2 is 2.00 bits per heavy atom. The maximum absolute atomic E-state index is 12.4. The van der Waals surface area contributed by atoms with E-state index < -0.39 is 0 Å². The number of rotatable bonds is 5. The van der Waals surface area contributed by atoms with Gasteiger partial charge in [0.1, 0.15) is 5.75 Å². The van der Waals surface area contributed by atoms with Crippen molar-refractivity contribution >= 4 is 23.0 Å². The molecule has 1 aromatic carbocycles. The maximum Gasteiger partial charge on any atom is 0.251 e. The number of ketones is 1. The van der Waals surface area contributed by atoms with Crippen LogP contribution in [0.2, 0.25) is 0 Å². The van der Waals surface area contributed by atoms with E-state index in [1.54, 1.807) is 35.7 Å². The molecule has 2 aliphatic heterocycles. The standard InChI is InChI=1S/C19H20N2O3S/c1-11(22)13-8-18(25-10-13)24-15-5-2-12(3-6-15)19(23)21-17-9-14-4-7-16(17)20-14/h2-3,5-6,8,10,14,16-17,20H,4,7,9H2,1H3,(H,21,23)/t14-,16+,17-/m1/s1. The second-order valence-electron chi connectivity index (χ2n) is 6.70. The molecule has 2 aromatic rings. The lowest BCUT2D eigenvalue weighted by Crippen LogP contribution is -2.42. The SMILES string of the molecule is CC(=O)c1csc(Oc2ccc(C(=O)N[C@@H]3C[C@H]4CC[C@@H]3N4)cc2)c1. The first kappa shape index (κ1) is 16.3. The largest absolute Gasteiger partial charge is 0.447 e. The van der Waals surface area contributed by atoms with Gasteiger partial charge in [-0.1, -0.05) is 0 Å². The van der Waals surface area contributed by atoms with Crippen LogP contribution in [0, 0.1) is 0 Å². The van der Waals surface area contributed by atoms with Gasteiger partial charge in [0.05, 0.1) is 0 Å². The van der Waals surface area contributed by atoms with E-state index in [2.05, 4.69) is 10.6 Å². The van der Waals surface area contributed by atoms with Gasteiger partial charge in [0.2, 0.25) is 0 Å². The number of nitrogens with one attached hydrogen (secondary N) is 2. The molecule has 130 valence electrons. The molecule has 0 saturated carbocycles. The highest BCUT2D eigenvalue weighted by atomic mass is 32.1. The van der Waals surface area contributed by atoms with Crippen LogP contribution >= 0.6 is 11.3 Å². The molecule has 3 heterocycles. The number of benzene rings is 1. The Morgan fingerprint density at radius 3 is 2.60 bits per heavy atom. The summed E-state index contributed by atoms with van der Waals surface area (Å²) in [6, 6.07) is 10.1. The lowest BCUT2D eigenvalue weighted by Gasteiger charge is -2.21. The molecule has 0 aliphatic carbocycles. The van der Waals surface area contributed by atoms with E-state index in [0.717, 1.165) is 12.8 Å². The number of hydrogen-bond donors (Lipinski definition) is 2. The summed E-state index contributed by atoms with van der Waals surface area (Å²) in [6.45, 7) is 1.53. The Balaban J connectivity index is 1.37. The van der Waals surface area contributed by atoms with Gasteiger partial charge in [-0.25, -0.2) is 0 Å². The van der Waals surface area contributed by atoms with Crippen LogP contribution in [-0.2, 0) is 0 Å². The Labute approximate surface area is 150 Å². The Kier molecular flexibility index (Phi) is 4.31. The average Bonchev–Trinajstić information content (AvgIpc) is 3.32. The number of Topliss-reactive ketones (excluding diaryl/α,β-unsaturated/α-hetero) is 1. The fourth-order valence-electron chi connectivity index (χ4n) is 3.58. The summed E-state index contributed by atoms with van der Waals surface area (Å²) in [5, 5.41) is 9.10. The zero-order chi connectivity index (χ0) is 17.4. The lowest BCUT2D eigenvalue weighted by molar-refractivity contribution is 0.0930. The van der Waals surface area contributed by atoms with Gasteiger partial charge in [0.15, 0.2) is 10.8 Å². The minimum atomic E-state index is -0.0408. The molecule has 5 nitrogen and oxygen atoms in total.